The van der Waals surface area contributed by atoms with E-state index in [9.17, 15) is 15.3 Å². The van der Waals surface area contributed by atoms with Gasteiger partial charge in [0.15, 0.2) is 0 Å². The van der Waals surface area contributed by atoms with Crippen LogP contribution in [-0.2, 0) is 0 Å². The van der Waals surface area contributed by atoms with E-state index in [4.69, 9.17) is 0 Å². The third kappa shape index (κ3) is 3.94. The Balaban J connectivity index is 4.60. The Kier molecular flexibility index (Phi) is 8.01. The van der Waals surface area contributed by atoms with Crippen molar-refractivity contribution in [2.75, 3.05) is 19.8 Å². The summed E-state index contributed by atoms with van der Waals surface area (Å²) in [7, 11) is 0. The Hall–Kier alpha value is -0.120. The lowest BCUT2D eigenvalue weighted by Crippen LogP contribution is -2.48. The lowest BCUT2D eigenvalue weighted by Gasteiger charge is -2.45. The topological polar surface area (TPSA) is 60.7 Å². The maximum Gasteiger partial charge on any atom is 0.0536 e. The Labute approximate surface area is 106 Å². The van der Waals surface area contributed by atoms with Crippen LogP contribution in [0.15, 0.2) is 0 Å². The minimum Gasteiger partial charge on any atom is -0.396 e. The summed E-state index contributed by atoms with van der Waals surface area (Å²) in [6.45, 7) is 5.85. The summed E-state index contributed by atoms with van der Waals surface area (Å²) >= 11 is 0. The second kappa shape index (κ2) is 8.06. The van der Waals surface area contributed by atoms with Crippen molar-refractivity contribution in [1.82, 2.24) is 0 Å². The zero-order chi connectivity index (χ0) is 13.4. The van der Waals surface area contributed by atoms with Gasteiger partial charge in [0.05, 0.1) is 19.8 Å². The molecule has 0 amide bonds. The fraction of sp³-hybridized carbons (Fsp3) is 1.00. The van der Waals surface area contributed by atoms with Crippen LogP contribution >= 0.6 is 0 Å². The molecule has 0 spiro atoms. The molecule has 0 radical (unpaired) electrons. The van der Waals surface area contributed by atoms with E-state index in [0.29, 0.717) is 0 Å². The van der Waals surface area contributed by atoms with Gasteiger partial charge in [0.2, 0.25) is 0 Å². The SMILES string of the molecule is CCCCCCC(C)(CC)C(CO)(CO)CO. The van der Waals surface area contributed by atoms with Crippen LogP contribution in [0.3, 0.4) is 0 Å². The van der Waals surface area contributed by atoms with Crippen LogP contribution in [-0.4, -0.2) is 35.1 Å². The van der Waals surface area contributed by atoms with E-state index in [-0.39, 0.29) is 25.2 Å². The lowest BCUT2D eigenvalue weighted by atomic mass is 9.61. The molecular weight excluding hydrogens is 216 g/mol. The van der Waals surface area contributed by atoms with Gasteiger partial charge in [-0.15, -0.1) is 0 Å². The number of aliphatic hydroxyl groups is 3. The summed E-state index contributed by atoms with van der Waals surface area (Å²) in [6.07, 6.45) is 6.52. The molecule has 3 N–H and O–H groups in total. The molecule has 0 rings (SSSR count). The van der Waals surface area contributed by atoms with Crippen molar-refractivity contribution in [2.45, 2.75) is 59.3 Å². The number of hydrogen-bond acceptors (Lipinski definition) is 3. The lowest BCUT2D eigenvalue weighted by molar-refractivity contribution is -0.0925. The molecule has 0 bridgehead atoms. The predicted molar refractivity (Wildman–Crippen MR) is 70.8 cm³/mol. The fourth-order valence-electron chi connectivity index (χ4n) is 2.48. The first-order valence-electron chi connectivity index (χ1n) is 6.88. The monoisotopic (exact) mass is 246 g/mol. The Morgan fingerprint density at radius 2 is 1.35 bits per heavy atom. The third-order valence-corrected chi connectivity index (χ3v) is 4.55. The molecule has 0 saturated carbocycles. The summed E-state index contributed by atoms with van der Waals surface area (Å²) in [6, 6.07) is 0. The quantitative estimate of drug-likeness (QED) is 0.518. The second-order valence-electron chi connectivity index (χ2n) is 5.48. The maximum atomic E-state index is 9.53. The molecule has 17 heavy (non-hydrogen) atoms. The highest BCUT2D eigenvalue weighted by Crippen LogP contribution is 2.45. The molecule has 0 aromatic heterocycles. The zero-order valence-corrected chi connectivity index (χ0v) is 11.7. The van der Waals surface area contributed by atoms with Crippen LogP contribution in [0, 0.1) is 10.8 Å². The molecule has 3 heteroatoms. The van der Waals surface area contributed by atoms with E-state index in [0.717, 1.165) is 19.3 Å². The molecule has 1 atom stereocenters. The average molecular weight is 246 g/mol. The molecular formula is C14H30O3. The van der Waals surface area contributed by atoms with Gasteiger partial charge in [-0.2, -0.15) is 0 Å². The normalized spacial score (nSPS) is 15.9. The smallest absolute Gasteiger partial charge is 0.0536 e. The van der Waals surface area contributed by atoms with Gasteiger partial charge in [-0.3, -0.25) is 0 Å². The summed E-state index contributed by atoms with van der Waals surface area (Å²) in [5.74, 6) is 0. The molecule has 0 aromatic carbocycles. The highest BCUT2D eigenvalue weighted by molar-refractivity contribution is 4.94. The van der Waals surface area contributed by atoms with Gasteiger partial charge in [0, 0.05) is 5.41 Å². The van der Waals surface area contributed by atoms with Gasteiger partial charge in [-0.25, -0.2) is 0 Å². The van der Waals surface area contributed by atoms with E-state index in [1.165, 1.54) is 19.3 Å². The van der Waals surface area contributed by atoms with Gasteiger partial charge in [-0.05, 0) is 18.3 Å². The molecule has 0 aliphatic rings. The second-order valence-corrected chi connectivity index (χ2v) is 5.48. The van der Waals surface area contributed by atoms with Crippen molar-refractivity contribution in [2.24, 2.45) is 10.8 Å². The summed E-state index contributed by atoms with van der Waals surface area (Å²) < 4.78 is 0. The standard InChI is InChI=1S/C14H30O3/c1-4-6-7-8-9-13(3,5-2)14(10-15,11-16)12-17/h15-17H,4-12H2,1-3H3. The van der Waals surface area contributed by atoms with Gasteiger partial charge >= 0.3 is 0 Å². The van der Waals surface area contributed by atoms with Gasteiger partial charge in [0.25, 0.3) is 0 Å². The summed E-state index contributed by atoms with van der Waals surface area (Å²) in [4.78, 5) is 0. The Morgan fingerprint density at radius 1 is 0.824 bits per heavy atom. The van der Waals surface area contributed by atoms with Gasteiger partial charge < -0.3 is 15.3 Å². The minimum atomic E-state index is -0.756. The van der Waals surface area contributed by atoms with Crippen LogP contribution in [0.25, 0.3) is 0 Å². The molecule has 1 unspecified atom stereocenters. The maximum absolute atomic E-state index is 9.53. The molecule has 0 fully saturated rings. The van der Waals surface area contributed by atoms with Crippen molar-refractivity contribution < 1.29 is 15.3 Å². The van der Waals surface area contributed by atoms with Gasteiger partial charge in [-0.1, -0.05) is 46.5 Å². The predicted octanol–water partition coefficient (Wildman–Crippen LogP) is 2.34. The van der Waals surface area contributed by atoms with E-state index in [1.807, 2.05) is 0 Å². The molecule has 0 saturated heterocycles. The van der Waals surface area contributed by atoms with Crippen LogP contribution in [0.1, 0.15) is 59.3 Å². The zero-order valence-electron chi connectivity index (χ0n) is 11.7. The van der Waals surface area contributed by atoms with E-state index >= 15 is 0 Å². The van der Waals surface area contributed by atoms with E-state index < -0.39 is 5.41 Å². The van der Waals surface area contributed by atoms with E-state index in [2.05, 4.69) is 20.8 Å². The highest BCUT2D eigenvalue weighted by atomic mass is 16.3. The minimum absolute atomic E-state index is 0.155. The van der Waals surface area contributed by atoms with Crippen molar-refractivity contribution in [1.29, 1.82) is 0 Å². The molecule has 0 aliphatic carbocycles. The first-order chi connectivity index (χ1) is 8.05. The van der Waals surface area contributed by atoms with Crippen molar-refractivity contribution in [3.05, 3.63) is 0 Å². The number of hydrogen-bond donors (Lipinski definition) is 3. The Bertz CT molecular complexity index is 182. The van der Waals surface area contributed by atoms with Crippen molar-refractivity contribution in [3.63, 3.8) is 0 Å². The Morgan fingerprint density at radius 3 is 1.71 bits per heavy atom. The van der Waals surface area contributed by atoms with Crippen LogP contribution < -0.4 is 0 Å². The molecule has 3 nitrogen and oxygen atoms in total. The number of unbranched alkanes of at least 4 members (excludes halogenated alkanes) is 3. The van der Waals surface area contributed by atoms with Crippen molar-refractivity contribution >= 4 is 0 Å². The third-order valence-electron chi connectivity index (χ3n) is 4.55. The highest BCUT2D eigenvalue weighted by Gasteiger charge is 2.45. The van der Waals surface area contributed by atoms with Crippen LogP contribution in [0.4, 0.5) is 0 Å². The van der Waals surface area contributed by atoms with Gasteiger partial charge in [0.1, 0.15) is 0 Å². The van der Waals surface area contributed by atoms with E-state index in [1.54, 1.807) is 0 Å². The number of aliphatic hydroxyl groups excluding tert-OH is 3. The largest absolute Gasteiger partial charge is 0.396 e. The van der Waals surface area contributed by atoms with Crippen molar-refractivity contribution in [3.8, 4) is 0 Å². The summed E-state index contributed by atoms with van der Waals surface area (Å²) in [5.41, 5.74) is -0.951. The summed E-state index contributed by atoms with van der Waals surface area (Å²) in [5, 5.41) is 28.6. The van der Waals surface area contributed by atoms with Crippen LogP contribution in [0.2, 0.25) is 0 Å². The number of rotatable bonds is 10. The molecule has 104 valence electrons. The molecule has 0 heterocycles. The fourth-order valence-corrected chi connectivity index (χ4v) is 2.48. The van der Waals surface area contributed by atoms with Crippen LogP contribution in [0.5, 0.6) is 0 Å². The molecule has 0 aromatic rings. The average Bonchev–Trinajstić information content (AvgIpc) is 2.37. The molecule has 0 aliphatic heterocycles. The first-order valence-corrected chi connectivity index (χ1v) is 6.88. The first kappa shape index (κ1) is 16.9.